The largest absolute Gasteiger partial charge is 0.478 e. The predicted molar refractivity (Wildman–Crippen MR) is 139 cm³/mol. The number of hydrogen-bond donors (Lipinski definition) is 2. The maximum absolute atomic E-state index is 13.1. The van der Waals surface area contributed by atoms with Gasteiger partial charge in [0.2, 0.25) is 11.8 Å². The van der Waals surface area contributed by atoms with Crippen LogP contribution >= 0.6 is 0 Å². The summed E-state index contributed by atoms with van der Waals surface area (Å²) in [5.41, 5.74) is 2.07. The van der Waals surface area contributed by atoms with Gasteiger partial charge in [-0.25, -0.2) is 4.79 Å². The Morgan fingerprint density at radius 2 is 1.57 bits per heavy atom. The highest BCUT2D eigenvalue weighted by molar-refractivity contribution is 5.89. The van der Waals surface area contributed by atoms with Crippen LogP contribution in [-0.2, 0) is 9.59 Å². The van der Waals surface area contributed by atoms with Crippen LogP contribution in [0.1, 0.15) is 59.6 Å². The minimum absolute atomic E-state index is 0.0240. The number of carbonyl (C=O) groups excluding carboxylic acids is 2. The van der Waals surface area contributed by atoms with E-state index in [9.17, 15) is 19.5 Å². The van der Waals surface area contributed by atoms with E-state index in [0.29, 0.717) is 32.1 Å². The van der Waals surface area contributed by atoms with Gasteiger partial charge in [-0.3, -0.25) is 14.5 Å². The molecule has 7 rings (SSSR count). The lowest BCUT2D eigenvalue weighted by Gasteiger charge is -2.40. The molecule has 1 aliphatic heterocycles. The van der Waals surface area contributed by atoms with Gasteiger partial charge in [0.15, 0.2) is 0 Å². The fourth-order valence-corrected chi connectivity index (χ4v) is 7.86. The van der Waals surface area contributed by atoms with Crippen LogP contribution in [0.2, 0.25) is 0 Å². The predicted octanol–water partition coefficient (Wildman–Crippen LogP) is 3.56. The lowest BCUT2D eigenvalue weighted by molar-refractivity contribution is -0.139. The normalized spacial score (nSPS) is 29.3. The number of carboxylic acids is 1. The molecule has 4 bridgehead atoms. The van der Waals surface area contributed by atoms with E-state index in [1.165, 1.54) is 12.8 Å². The van der Waals surface area contributed by atoms with Gasteiger partial charge in [-0.05, 0) is 73.1 Å². The number of rotatable bonds is 7. The van der Waals surface area contributed by atoms with Crippen LogP contribution in [0.25, 0.3) is 0 Å². The summed E-state index contributed by atoms with van der Waals surface area (Å²) in [5.74, 6) is 1.29. The zero-order chi connectivity index (χ0) is 25.6. The molecule has 3 atom stereocenters. The maximum Gasteiger partial charge on any atom is 0.335 e. The molecule has 7 nitrogen and oxygen atoms in total. The Bertz CT molecular complexity index is 1170. The summed E-state index contributed by atoms with van der Waals surface area (Å²) in [5, 5.41) is 12.5. The molecular formula is C30H35N3O4. The highest BCUT2D eigenvalue weighted by atomic mass is 16.4. The molecule has 1 heterocycles. The van der Waals surface area contributed by atoms with Gasteiger partial charge in [0.25, 0.3) is 0 Å². The summed E-state index contributed by atoms with van der Waals surface area (Å²) < 4.78 is 0. The Hall–Kier alpha value is -3.19. The summed E-state index contributed by atoms with van der Waals surface area (Å²) >= 11 is 0. The number of aromatic carboxylic acids is 1. The lowest BCUT2D eigenvalue weighted by atomic mass is 9.69. The Labute approximate surface area is 217 Å². The molecule has 2 N–H and O–H groups in total. The van der Waals surface area contributed by atoms with Crippen LogP contribution in [-0.4, -0.2) is 65.4 Å². The third-order valence-corrected chi connectivity index (χ3v) is 9.40. The topological polar surface area (TPSA) is 89.9 Å². The molecule has 2 aromatic carbocycles. The minimum Gasteiger partial charge on any atom is -0.478 e. The number of carboxylic acid groups (broad SMARTS) is 1. The minimum atomic E-state index is -0.941. The molecule has 2 amide bonds. The molecule has 0 radical (unpaired) electrons. The second-order valence-electron chi connectivity index (χ2n) is 11.6. The molecule has 5 fully saturated rings. The first-order valence-corrected chi connectivity index (χ1v) is 13.6. The number of nitrogens with one attached hydrogen (secondary N) is 1. The van der Waals surface area contributed by atoms with Crippen molar-refractivity contribution in [2.75, 3.05) is 32.7 Å². The highest BCUT2D eigenvalue weighted by Gasteiger charge is 2.59. The zero-order valence-electron chi connectivity index (χ0n) is 21.1. The van der Waals surface area contributed by atoms with E-state index in [-0.39, 0.29) is 35.4 Å². The van der Waals surface area contributed by atoms with E-state index >= 15 is 0 Å². The van der Waals surface area contributed by atoms with Gasteiger partial charge >= 0.3 is 5.97 Å². The molecule has 194 valence electrons. The molecule has 37 heavy (non-hydrogen) atoms. The van der Waals surface area contributed by atoms with Crippen LogP contribution in [0.4, 0.5) is 0 Å². The van der Waals surface area contributed by atoms with E-state index in [2.05, 4.69) is 22.3 Å². The monoisotopic (exact) mass is 501 g/mol. The summed E-state index contributed by atoms with van der Waals surface area (Å²) in [7, 11) is 0. The van der Waals surface area contributed by atoms with Crippen molar-refractivity contribution in [3.63, 3.8) is 0 Å². The van der Waals surface area contributed by atoms with Crippen LogP contribution in [0.15, 0.2) is 54.6 Å². The summed E-state index contributed by atoms with van der Waals surface area (Å²) in [6, 6.07) is 17.1. The van der Waals surface area contributed by atoms with Gasteiger partial charge in [0.05, 0.1) is 18.2 Å². The Kier molecular flexibility index (Phi) is 6.27. The molecule has 4 saturated carbocycles. The van der Waals surface area contributed by atoms with E-state index in [1.807, 2.05) is 29.2 Å². The first-order chi connectivity index (χ1) is 17.9. The average Bonchev–Trinajstić information content (AvgIpc) is 3.34. The Morgan fingerprint density at radius 3 is 2.22 bits per heavy atom. The average molecular weight is 502 g/mol. The summed E-state index contributed by atoms with van der Waals surface area (Å²) in [6.07, 6.45) is 5.62. The molecule has 3 unspecified atom stereocenters. The Morgan fingerprint density at radius 1 is 0.892 bits per heavy atom. The van der Waals surface area contributed by atoms with E-state index in [0.717, 1.165) is 42.2 Å². The molecule has 2 aromatic rings. The van der Waals surface area contributed by atoms with Crippen LogP contribution in [0.5, 0.6) is 0 Å². The fourth-order valence-electron chi connectivity index (χ4n) is 7.86. The highest BCUT2D eigenvalue weighted by Crippen LogP contribution is 2.64. The van der Waals surface area contributed by atoms with Crippen LogP contribution in [0, 0.1) is 23.2 Å². The second-order valence-corrected chi connectivity index (χ2v) is 11.6. The van der Waals surface area contributed by atoms with Gasteiger partial charge in [-0.1, -0.05) is 42.5 Å². The van der Waals surface area contributed by atoms with Crippen molar-refractivity contribution in [2.45, 2.75) is 38.1 Å². The van der Waals surface area contributed by atoms with Crippen molar-refractivity contribution < 1.29 is 19.5 Å². The second kappa shape index (κ2) is 9.60. The molecule has 1 saturated heterocycles. The number of amides is 2. The molecular weight excluding hydrogens is 466 g/mol. The fraction of sp³-hybridized carbons (Fsp3) is 0.500. The molecule has 7 heteroatoms. The van der Waals surface area contributed by atoms with Gasteiger partial charge < -0.3 is 15.3 Å². The molecule has 4 aliphatic carbocycles. The number of piperazine rings is 1. The van der Waals surface area contributed by atoms with Crippen molar-refractivity contribution in [3.8, 4) is 0 Å². The third kappa shape index (κ3) is 4.54. The zero-order valence-corrected chi connectivity index (χ0v) is 21.1. The van der Waals surface area contributed by atoms with Gasteiger partial charge in [0, 0.05) is 31.6 Å². The lowest BCUT2D eigenvalue weighted by Crippen LogP contribution is -2.53. The number of hydrogen-bond acceptors (Lipinski definition) is 4. The van der Waals surface area contributed by atoms with E-state index in [1.54, 1.807) is 18.2 Å². The van der Waals surface area contributed by atoms with Crippen molar-refractivity contribution in [2.24, 2.45) is 23.2 Å². The SMILES string of the molecule is O=C(O)c1cccc(C(c2ccccc2)N2CCN(C(=O)CNC(=O)C34CC5CC(C3)C(C5)C4)CC2)c1. The molecule has 0 spiro atoms. The summed E-state index contributed by atoms with van der Waals surface area (Å²) in [4.78, 5) is 41.9. The van der Waals surface area contributed by atoms with Gasteiger partial charge in [-0.2, -0.15) is 0 Å². The first-order valence-electron chi connectivity index (χ1n) is 13.6. The van der Waals surface area contributed by atoms with Gasteiger partial charge in [0.1, 0.15) is 0 Å². The van der Waals surface area contributed by atoms with Gasteiger partial charge in [-0.15, -0.1) is 0 Å². The van der Waals surface area contributed by atoms with Crippen LogP contribution in [0.3, 0.4) is 0 Å². The van der Waals surface area contributed by atoms with Crippen molar-refractivity contribution in [1.29, 1.82) is 0 Å². The Balaban J connectivity index is 1.08. The summed E-state index contributed by atoms with van der Waals surface area (Å²) in [6.45, 7) is 2.57. The smallest absolute Gasteiger partial charge is 0.335 e. The molecule has 0 aromatic heterocycles. The quantitative estimate of drug-likeness (QED) is 0.606. The number of nitrogens with zero attached hydrogens (tertiary/aromatic N) is 2. The standard InChI is InChI=1S/C30H35N3O4/c34-26(19-31-29(37)30-16-20-13-24(17-30)25(14-20)18-30)32-9-11-33(12-10-32)27(21-5-2-1-3-6-21)22-7-4-8-23(15-22)28(35)36/h1-8,15,20,24-25,27H,9-14,16-19H2,(H,31,37)(H,35,36). The van der Waals surface area contributed by atoms with Crippen molar-refractivity contribution in [1.82, 2.24) is 15.1 Å². The molecule has 5 aliphatic rings. The number of carbonyl (C=O) groups is 3. The maximum atomic E-state index is 13.1. The van der Waals surface area contributed by atoms with Crippen LogP contribution < -0.4 is 5.32 Å². The first kappa shape index (κ1) is 24.2. The van der Waals surface area contributed by atoms with Crippen molar-refractivity contribution in [3.05, 3.63) is 71.3 Å². The number of benzene rings is 2. The van der Waals surface area contributed by atoms with Crippen molar-refractivity contribution >= 4 is 17.8 Å². The third-order valence-electron chi connectivity index (χ3n) is 9.40. The van der Waals surface area contributed by atoms with E-state index in [4.69, 9.17) is 0 Å². The van der Waals surface area contributed by atoms with E-state index < -0.39 is 5.97 Å².